The molecule has 116 valence electrons. The molecule has 0 spiro atoms. The van der Waals surface area contributed by atoms with Crippen LogP contribution in [0.2, 0.25) is 0 Å². The van der Waals surface area contributed by atoms with Crippen molar-refractivity contribution in [3.63, 3.8) is 0 Å². The number of carboxylic acids is 1. The van der Waals surface area contributed by atoms with Gasteiger partial charge < -0.3 is 10.4 Å². The van der Waals surface area contributed by atoms with E-state index in [1.165, 1.54) is 6.92 Å². The summed E-state index contributed by atoms with van der Waals surface area (Å²) in [4.78, 5) is 22.3. The number of rotatable bonds is 8. The van der Waals surface area contributed by atoms with E-state index in [1.807, 2.05) is 30.3 Å². The zero-order valence-corrected chi connectivity index (χ0v) is 13.1. The van der Waals surface area contributed by atoms with E-state index in [9.17, 15) is 9.59 Å². The second-order valence-corrected chi connectivity index (χ2v) is 5.77. The van der Waals surface area contributed by atoms with Gasteiger partial charge in [0.15, 0.2) is 0 Å². The third-order valence-corrected chi connectivity index (χ3v) is 3.89. The van der Waals surface area contributed by atoms with E-state index in [4.69, 9.17) is 5.11 Å². The number of hydrogen-bond acceptors (Lipinski definition) is 2. The first-order valence-electron chi connectivity index (χ1n) is 7.44. The second kappa shape index (κ2) is 7.81. The first-order chi connectivity index (χ1) is 9.88. The molecule has 4 heteroatoms. The number of aliphatic carboxylic acids is 1. The zero-order chi connectivity index (χ0) is 15.9. The topological polar surface area (TPSA) is 66.4 Å². The highest BCUT2D eigenvalue weighted by Gasteiger charge is 2.35. The zero-order valence-electron chi connectivity index (χ0n) is 13.1. The molecule has 0 radical (unpaired) electrons. The van der Waals surface area contributed by atoms with Crippen molar-refractivity contribution in [1.82, 2.24) is 5.32 Å². The van der Waals surface area contributed by atoms with Gasteiger partial charge in [-0.15, -0.1) is 0 Å². The molecule has 1 rings (SSSR count). The van der Waals surface area contributed by atoms with Crippen molar-refractivity contribution in [2.24, 2.45) is 5.92 Å². The van der Waals surface area contributed by atoms with Gasteiger partial charge in [0.25, 0.3) is 0 Å². The molecular formula is C17H25NO3. The van der Waals surface area contributed by atoms with Crippen LogP contribution in [0.25, 0.3) is 0 Å². The van der Waals surface area contributed by atoms with Crippen molar-refractivity contribution in [2.75, 3.05) is 0 Å². The van der Waals surface area contributed by atoms with Crippen molar-refractivity contribution < 1.29 is 14.7 Å². The lowest BCUT2D eigenvalue weighted by molar-refractivity contribution is -0.137. The van der Waals surface area contributed by atoms with E-state index < -0.39 is 11.5 Å². The van der Waals surface area contributed by atoms with Crippen LogP contribution >= 0.6 is 0 Å². The Bertz CT molecular complexity index is 470. The molecular weight excluding hydrogens is 266 g/mol. The number of carboxylic acid groups (broad SMARTS) is 1. The molecule has 1 aromatic carbocycles. The second-order valence-electron chi connectivity index (χ2n) is 5.77. The predicted molar refractivity (Wildman–Crippen MR) is 82.9 cm³/mol. The summed E-state index contributed by atoms with van der Waals surface area (Å²) in [6.07, 6.45) is 2.29. The van der Waals surface area contributed by atoms with Gasteiger partial charge in [0, 0.05) is 13.3 Å². The molecule has 0 aliphatic carbocycles. The van der Waals surface area contributed by atoms with Gasteiger partial charge in [-0.05, 0) is 24.3 Å². The van der Waals surface area contributed by atoms with Crippen LogP contribution in [0.1, 0.15) is 52.0 Å². The summed E-state index contributed by atoms with van der Waals surface area (Å²) in [7, 11) is 0. The minimum atomic E-state index is -0.774. The minimum absolute atomic E-state index is 0.0641. The molecule has 0 aliphatic rings. The third kappa shape index (κ3) is 4.88. The van der Waals surface area contributed by atoms with Gasteiger partial charge in [-0.25, -0.2) is 0 Å². The highest BCUT2D eigenvalue weighted by atomic mass is 16.4. The largest absolute Gasteiger partial charge is 0.481 e. The van der Waals surface area contributed by atoms with Gasteiger partial charge in [-0.3, -0.25) is 9.59 Å². The maximum absolute atomic E-state index is 11.7. The monoisotopic (exact) mass is 291 g/mol. The summed E-state index contributed by atoms with van der Waals surface area (Å²) < 4.78 is 0. The number of carbonyl (C=O) groups is 2. The summed E-state index contributed by atoms with van der Waals surface area (Å²) in [6.45, 7) is 5.69. The molecule has 0 aromatic heterocycles. The number of amides is 1. The van der Waals surface area contributed by atoms with Crippen LogP contribution in [-0.4, -0.2) is 17.0 Å². The van der Waals surface area contributed by atoms with E-state index in [-0.39, 0.29) is 18.2 Å². The highest BCUT2D eigenvalue weighted by Crippen LogP contribution is 2.35. The van der Waals surface area contributed by atoms with E-state index in [0.717, 1.165) is 18.4 Å². The molecule has 0 heterocycles. The van der Waals surface area contributed by atoms with E-state index in [1.54, 1.807) is 0 Å². The average Bonchev–Trinajstić information content (AvgIpc) is 2.42. The maximum Gasteiger partial charge on any atom is 0.303 e. The fraction of sp³-hybridized carbons (Fsp3) is 0.529. The van der Waals surface area contributed by atoms with Crippen molar-refractivity contribution >= 4 is 11.9 Å². The van der Waals surface area contributed by atoms with Crippen LogP contribution in [0.5, 0.6) is 0 Å². The Labute approximate surface area is 126 Å². The molecule has 1 unspecified atom stereocenters. The Morgan fingerprint density at radius 3 is 2.29 bits per heavy atom. The number of hydrogen-bond donors (Lipinski definition) is 2. The molecule has 4 nitrogen and oxygen atoms in total. The van der Waals surface area contributed by atoms with Crippen LogP contribution in [0.3, 0.4) is 0 Å². The standard InChI is InChI=1S/C17H25NO3/c1-13(2)17(18-14(3)19,12-8-7-11-16(20)21)15-9-5-4-6-10-15/h4-6,9-10,13H,7-8,11-12H2,1-3H3,(H,18,19)(H,20,21). The summed E-state index contributed by atoms with van der Waals surface area (Å²) in [5.41, 5.74) is 0.636. The number of nitrogens with one attached hydrogen (secondary N) is 1. The van der Waals surface area contributed by atoms with E-state index >= 15 is 0 Å². The molecule has 1 atom stereocenters. The minimum Gasteiger partial charge on any atom is -0.481 e. The van der Waals surface area contributed by atoms with Gasteiger partial charge >= 0.3 is 5.97 Å². The fourth-order valence-electron chi connectivity index (χ4n) is 2.78. The molecule has 0 bridgehead atoms. The molecule has 1 amide bonds. The first kappa shape index (κ1) is 17.2. The number of benzene rings is 1. The molecule has 0 saturated carbocycles. The number of carbonyl (C=O) groups excluding carboxylic acids is 1. The van der Waals surface area contributed by atoms with Gasteiger partial charge in [0.05, 0.1) is 5.54 Å². The molecule has 2 N–H and O–H groups in total. The molecule has 0 saturated heterocycles. The Balaban J connectivity index is 2.96. The third-order valence-electron chi connectivity index (χ3n) is 3.89. The lowest BCUT2D eigenvalue weighted by Crippen LogP contribution is -2.49. The van der Waals surface area contributed by atoms with E-state index in [0.29, 0.717) is 6.42 Å². The first-order valence-corrected chi connectivity index (χ1v) is 7.44. The van der Waals surface area contributed by atoms with Gasteiger partial charge in [0.2, 0.25) is 5.91 Å². The van der Waals surface area contributed by atoms with Crippen molar-refractivity contribution in [1.29, 1.82) is 0 Å². The average molecular weight is 291 g/mol. The lowest BCUT2D eigenvalue weighted by Gasteiger charge is -2.39. The Morgan fingerprint density at radius 1 is 1.19 bits per heavy atom. The van der Waals surface area contributed by atoms with Crippen LogP contribution < -0.4 is 5.32 Å². The SMILES string of the molecule is CC(=O)NC(CCCCC(=O)O)(c1ccccc1)C(C)C. The lowest BCUT2D eigenvalue weighted by atomic mass is 9.76. The van der Waals surface area contributed by atoms with Gasteiger partial charge in [-0.2, -0.15) is 0 Å². The number of unbranched alkanes of at least 4 members (excludes halogenated alkanes) is 1. The Morgan fingerprint density at radius 2 is 1.81 bits per heavy atom. The van der Waals surface area contributed by atoms with Crippen LogP contribution in [-0.2, 0) is 15.1 Å². The summed E-state index contributed by atoms with van der Waals surface area (Å²) >= 11 is 0. The summed E-state index contributed by atoms with van der Waals surface area (Å²) in [5, 5.41) is 11.9. The van der Waals surface area contributed by atoms with E-state index in [2.05, 4.69) is 19.2 Å². The molecule has 21 heavy (non-hydrogen) atoms. The van der Waals surface area contributed by atoms with Crippen LogP contribution in [0.4, 0.5) is 0 Å². The normalized spacial score (nSPS) is 13.7. The van der Waals surface area contributed by atoms with Crippen molar-refractivity contribution in [3.8, 4) is 0 Å². The maximum atomic E-state index is 11.7. The molecule has 0 fully saturated rings. The van der Waals surface area contributed by atoms with Crippen LogP contribution in [0, 0.1) is 5.92 Å². The summed E-state index contributed by atoms with van der Waals surface area (Å²) in [6, 6.07) is 9.92. The van der Waals surface area contributed by atoms with Crippen molar-refractivity contribution in [2.45, 2.75) is 52.0 Å². The van der Waals surface area contributed by atoms with Crippen LogP contribution in [0.15, 0.2) is 30.3 Å². The highest BCUT2D eigenvalue weighted by molar-refractivity contribution is 5.74. The van der Waals surface area contributed by atoms with Crippen molar-refractivity contribution in [3.05, 3.63) is 35.9 Å². The fourth-order valence-corrected chi connectivity index (χ4v) is 2.78. The Hall–Kier alpha value is -1.84. The smallest absolute Gasteiger partial charge is 0.303 e. The van der Waals surface area contributed by atoms with Gasteiger partial charge in [-0.1, -0.05) is 50.6 Å². The quantitative estimate of drug-likeness (QED) is 0.722. The molecule has 1 aromatic rings. The molecule has 0 aliphatic heterocycles. The van der Waals surface area contributed by atoms with Gasteiger partial charge in [0.1, 0.15) is 0 Å². The summed E-state index contributed by atoms with van der Waals surface area (Å²) in [5.74, 6) is -0.621. The predicted octanol–water partition coefficient (Wildman–Crippen LogP) is 3.32. The Kier molecular flexibility index (Phi) is 6.40.